The van der Waals surface area contributed by atoms with Gasteiger partial charge in [0.25, 0.3) is 0 Å². The molecule has 1 atom stereocenters. The van der Waals surface area contributed by atoms with Crippen LogP contribution in [0.2, 0.25) is 0 Å². The van der Waals surface area contributed by atoms with E-state index >= 15 is 0 Å². The molecule has 1 saturated heterocycles. The number of aromatic carboxylic acids is 1. The second-order valence-corrected chi connectivity index (χ2v) is 9.03. The fraction of sp³-hybridized carbons (Fsp3) is 0.538. The normalized spacial score (nSPS) is 19.7. The predicted molar refractivity (Wildman–Crippen MR) is 79.9 cm³/mol. The highest BCUT2D eigenvalue weighted by molar-refractivity contribution is 7.89. The van der Waals surface area contributed by atoms with E-state index in [1.807, 2.05) is 0 Å². The minimum absolute atomic E-state index is 0.0732. The monoisotopic (exact) mass is 347 g/mol. The summed E-state index contributed by atoms with van der Waals surface area (Å²) in [6.45, 7) is 5.48. The van der Waals surface area contributed by atoms with E-state index in [0.717, 1.165) is 21.7 Å². The molecule has 2 heterocycles. The lowest BCUT2D eigenvalue weighted by Crippen LogP contribution is -2.55. The fourth-order valence-electron chi connectivity index (χ4n) is 2.22. The number of hydrogen-bond donors (Lipinski definition) is 2. The van der Waals surface area contributed by atoms with Gasteiger partial charge in [0.1, 0.15) is 10.9 Å². The van der Waals surface area contributed by atoms with Crippen LogP contribution in [-0.2, 0) is 20.2 Å². The van der Waals surface area contributed by atoms with E-state index in [-0.39, 0.29) is 22.7 Å². The van der Waals surface area contributed by atoms with E-state index in [0.29, 0.717) is 4.88 Å². The van der Waals surface area contributed by atoms with Crippen molar-refractivity contribution in [3.05, 3.63) is 15.8 Å². The van der Waals surface area contributed by atoms with Gasteiger partial charge in [0.2, 0.25) is 10.0 Å². The van der Waals surface area contributed by atoms with Crippen LogP contribution in [0.3, 0.4) is 0 Å². The first-order chi connectivity index (χ1) is 9.96. The second-order valence-electron chi connectivity index (χ2n) is 6.12. The molecule has 0 spiro atoms. The van der Waals surface area contributed by atoms with Gasteiger partial charge in [-0.25, -0.2) is 13.2 Å². The standard InChI is InChI=1S/C13H17NO6S2/c1-13(2,3)10-9(6-8(21-10)12(17)18)22(19,20)14-5-4-7(14)11(15)16/h6-7H,4-5H2,1-3H3,(H,15,16)(H,17,18)/t7-/m0/s1. The Morgan fingerprint density at radius 3 is 2.27 bits per heavy atom. The number of thiophene rings is 1. The lowest BCUT2D eigenvalue weighted by Gasteiger charge is -2.37. The maximum absolute atomic E-state index is 12.7. The molecule has 2 rings (SSSR count). The van der Waals surface area contributed by atoms with E-state index in [9.17, 15) is 18.0 Å². The van der Waals surface area contributed by atoms with Crippen molar-refractivity contribution in [1.29, 1.82) is 0 Å². The number of rotatable bonds is 4. The third-order valence-corrected chi connectivity index (χ3v) is 7.04. The van der Waals surface area contributed by atoms with Crippen LogP contribution in [0.25, 0.3) is 0 Å². The molecule has 0 saturated carbocycles. The Morgan fingerprint density at radius 2 is 1.91 bits per heavy atom. The smallest absolute Gasteiger partial charge is 0.345 e. The van der Waals surface area contributed by atoms with E-state index < -0.39 is 33.4 Å². The molecule has 0 radical (unpaired) electrons. The third kappa shape index (κ3) is 2.75. The molecule has 1 aromatic heterocycles. The SMILES string of the molecule is CC(C)(C)c1sc(C(=O)O)cc1S(=O)(=O)N1CC[C@H]1C(=O)O. The summed E-state index contributed by atoms with van der Waals surface area (Å²) in [6, 6.07) is 0.0474. The van der Waals surface area contributed by atoms with Gasteiger partial charge in [-0.05, 0) is 17.9 Å². The molecule has 7 nitrogen and oxygen atoms in total. The molecule has 0 unspecified atom stereocenters. The van der Waals surface area contributed by atoms with Gasteiger partial charge in [-0.3, -0.25) is 4.79 Å². The molecule has 1 fully saturated rings. The quantitative estimate of drug-likeness (QED) is 0.855. The van der Waals surface area contributed by atoms with Crippen molar-refractivity contribution in [3.8, 4) is 0 Å². The Balaban J connectivity index is 2.56. The molecule has 2 N–H and O–H groups in total. The first kappa shape index (κ1) is 16.9. The van der Waals surface area contributed by atoms with Crippen molar-refractivity contribution in [3.63, 3.8) is 0 Å². The Kier molecular flexibility index (Phi) is 4.09. The summed E-state index contributed by atoms with van der Waals surface area (Å²) in [7, 11) is -4.02. The summed E-state index contributed by atoms with van der Waals surface area (Å²) in [4.78, 5) is 22.5. The third-order valence-electron chi connectivity index (χ3n) is 3.43. The minimum Gasteiger partial charge on any atom is -0.480 e. The van der Waals surface area contributed by atoms with E-state index in [2.05, 4.69) is 0 Å². The maximum Gasteiger partial charge on any atom is 0.345 e. The summed E-state index contributed by atoms with van der Waals surface area (Å²) in [5.74, 6) is -2.39. The van der Waals surface area contributed by atoms with Crippen molar-refractivity contribution < 1.29 is 28.2 Å². The van der Waals surface area contributed by atoms with Gasteiger partial charge >= 0.3 is 11.9 Å². The molecule has 9 heteroatoms. The van der Waals surface area contributed by atoms with Gasteiger partial charge < -0.3 is 10.2 Å². The largest absolute Gasteiger partial charge is 0.480 e. The van der Waals surface area contributed by atoms with Crippen molar-refractivity contribution in [2.75, 3.05) is 6.54 Å². The number of sulfonamides is 1. The van der Waals surface area contributed by atoms with Gasteiger partial charge in [0.05, 0.1) is 4.90 Å². The summed E-state index contributed by atoms with van der Waals surface area (Å²) in [5, 5.41) is 18.2. The summed E-state index contributed by atoms with van der Waals surface area (Å²) in [6.07, 6.45) is 0.259. The van der Waals surface area contributed by atoms with Crippen LogP contribution < -0.4 is 0 Å². The van der Waals surface area contributed by atoms with Gasteiger partial charge in [-0.2, -0.15) is 4.31 Å². The molecular formula is C13H17NO6S2. The highest BCUT2D eigenvalue weighted by atomic mass is 32.2. The zero-order valence-electron chi connectivity index (χ0n) is 12.4. The minimum atomic E-state index is -4.02. The maximum atomic E-state index is 12.7. The molecule has 0 aliphatic carbocycles. The molecular weight excluding hydrogens is 330 g/mol. The zero-order chi connectivity index (χ0) is 16.9. The van der Waals surface area contributed by atoms with Gasteiger partial charge in [0.15, 0.2) is 0 Å². The molecule has 1 aliphatic rings. The number of nitrogens with zero attached hydrogens (tertiary/aromatic N) is 1. The van der Waals surface area contributed by atoms with E-state index in [4.69, 9.17) is 10.2 Å². The number of carbonyl (C=O) groups is 2. The fourth-order valence-corrected chi connectivity index (χ4v) is 5.62. The van der Waals surface area contributed by atoms with Crippen molar-refractivity contribution in [1.82, 2.24) is 4.31 Å². The molecule has 0 bridgehead atoms. The average Bonchev–Trinajstić information content (AvgIpc) is 2.70. The van der Waals surface area contributed by atoms with Gasteiger partial charge in [0, 0.05) is 11.4 Å². The van der Waals surface area contributed by atoms with Crippen LogP contribution >= 0.6 is 11.3 Å². The Hall–Kier alpha value is -1.45. The predicted octanol–water partition coefficient (Wildman–Crippen LogP) is 1.59. The number of carboxylic acids is 2. The van der Waals surface area contributed by atoms with Gasteiger partial charge in [-0.15, -0.1) is 11.3 Å². The molecule has 22 heavy (non-hydrogen) atoms. The number of carboxylic acid groups (broad SMARTS) is 2. The second kappa shape index (κ2) is 5.32. The van der Waals surface area contributed by atoms with Crippen LogP contribution in [-0.4, -0.2) is 47.5 Å². The van der Waals surface area contributed by atoms with Crippen LogP contribution in [0, 0.1) is 0 Å². The van der Waals surface area contributed by atoms with Crippen LogP contribution in [0.15, 0.2) is 11.0 Å². The Bertz CT molecular complexity index is 728. The van der Waals surface area contributed by atoms with Gasteiger partial charge in [-0.1, -0.05) is 20.8 Å². The first-order valence-corrected chi connectivity index (χ1v) is 8.84. The zero-order valence-corrected chi connectivity index (χ0v) is 14.0. The van der Waals surface area contributed by atoms with Crippen LogP contribution in [0.1, 0.15) is 41.7 Å². The highest BCUT2D eigenvalue weighted by Gasteiger charge is 2.45. The van der Waals surface area contributed by atoms with E-state index in [1.54, 1.807) is 20.8 Å². The summed E-state index contributed by atoms with van der Waals surface area (Å²) in [5.41, 5.74) is -0.565. The molecule has 1 aliphatic heterocycles. The molecule has 0 aromatic carbocycles. The Labute approximate surface area is 132 Å². The lowest BCUT2D eigenvalue weighted by molar-refractivity contribution is -0.144. The van der Waals surface area contributed by atoms with Crippen molar-refractivity contribution >= 4 is 33.3 Å². The van der Waals surface area contributed by atoms with Crippen LogP contribution in [0.4, 0.5) is 0 Å². The number of hydrogen-bond acceptors (Lipinski definition) is 5. The molecule has 0 amide bonds. The highest BCUT2D eigenvalue weighted by Crippen LogP contribution is 2.39. The van der Waals surface area contributed by atoms with Crippen LogP contribution in [0.5, 0.6) is 0 Å². The lowest BCUT2D eigenvalue weighted by atomic mass is 9.95. The van der Waals surface area contributed by atoms with Crippen molar-refractivity contribution in [2.45, 2.75) is 43.5 Å². The topological polar surface area (TPSA) is 112 Å². The average molecular weight is 347 g/mol. The van der Waals surface area contributed by atoms with E-state index in [1.165, 1.54) is 0 Å². The number of aliphatic carboxylic acids is 1. The summed E-state index contributed by atoms with van der Waals surface area (Å²) >= 11 is 0.910. The Morgan fingerprint density at radius 1 is 1.32 bits per heavy atom. The first-order valence-electron chi connectivity index (χ1n) is 6.58. The summed E-state index contributed by atoms with van der Waals surface area (Å²) < 4.78 is 26.3. The molecule has 1 aromatic rings. The van der Waals surface area contributed by atoms with Crippen molar-refractivity contribution in [2.24, 2.45) is 0 Å². The molecule has 122 valence electrons.